The number of aromatic nitrogens is 2. The molecule has 0 unspecified atom stereocenters. The van der Waals surface area contributed by atoms with Gasteiger partial charge in [0, 0.05) is 11.6 Å². The van der Waals surface area contributed by atoms with Crippen molar-refractivity contribution in [1.82, 2.24) is 9.78 Å². The molecule has 0 aliphatic rings. The second-order valence-corrected chi connectivity index (χ2v) is 5.87. The van der Waals surface area contributed by atoms with E-state index in [9.17, 15) is 0 Å². The fourth-order valence-electron chi connectivity index (χ4n) is 3.02. The smallest absolute Gasteiger partial charge is 0.122 e. The molecule has 0 fully saturated rings. The highest BCUT2D eigenvalue weighted by Gasteiger charge is 2.12. The zero-order valence-corrected chi connectivity index (χ0v) is 13.3. The largest absolute Gasteiger partial charge is 0.384 e. The average molecular weight is 291 g/mol. The second-order valence-electron chi connectivity index (χ2n) is 5.87. The van der Waals surface area contributed by atoms with Crippen LogP contribution < -0.4 is 5.73 Å². The molecule has 22 heavy (non-hydrogen) atoms. The quantitative estimate of drug-likeness (QED) is 0.789. The van der Waals surface area contributed by atoms with Crippen molar-refractivity contribution in [2.75, 3.05) is 5.73 Å². The van der Waals surface area contributed by atoms with E-state index >= 15 is 0 Å². The third kappa shape index (κ3) is 2.75. The maximum absolute atomic E-state index is 6.16. The summed E-state index contributed by atoms with van der Waals surface area (Å²) in [7, 11) is 0. The van der Waals surface area contributed by atoms with Crippen LogP contribution in [-0.2, 0) is 6.54 Å². The summed E-state index contributed by atoms with van der Waals surface area (Å²) in [6, 6.07) is 16.6. The Bertz CT molecular complexity index is 778. The van der Waals surface area contributed by atoms with E-state index in [1.54, 1.807) is 0 Å². The van der Waals surface area contributed by atoms with Gasteiger partial charge in [0.25, 0.3) is 0 Å². The predicted octanol–water partition coefficient (Wildman–Crippen LogP) is 4.11. The van der Waals surface area contributed by atoms with Crippen LogP contribution >= 0.6 is 0 Å². The first-order valence-corrected chi connectivity index (χ1v) is 7.50. The maximum atomic E-state index is 6.16. The van der Waals surface area contributed by atoms with Crippen molar-refractivity contribution in [1.29, 1.82) is 0 Å². The van der Waals surface area contributed by atoms with E-state index < -0.39 is 0 Å². The van der Waals surface area contributed by atoms with Gasteiger partial charge in [0.15, 0.2) is 0 Å². The van der Waals surface area contributed by atoms with Crippen molar-refractivity contribution in [3.8, 4) is 11.3 Å². The standard InChI is InChI=1S/C19H21N3/c1-13-9-14(2)19(15(3)10-13)17-11-18(20)22(21-17)12-16-7-5-4-6-8-16/h4-11H,12,20H2,1-3H3. The lowest BCUT2D eigenvalue weighted by Crippen LogP contribution is -2.05. The first-order chi connectivity index (χ1) is 10.5. The third-order valence-corrected chi connectivity index (χ3v) is 3.92. The van der Waals surface area contributed by atoms with Crippen molar-refractivity contribution in [3.63, 3.8) is 0 Å². The van der Waals surface area contributed by atoms with Gasteiger partial charge in [-0.15, -0.1) is 0 Å². The van der Waals surface area contributed by atoms with Crippen molar-refractivity contribution in [2.45, 2.75) is 27.3 Å². The van der Waals surface area contributed by atoms with Crippen molar-refractivity contribution < 1.29 is 0 Å². The van der Waals surface area contributed by atoms with Crippen molar-refractivity contribution in [2.24, 2.45) is 0 Å². The van der Waals surface area contributed by atoms with Crippen LogP contribution in [0, 0.1) is 20.8 Å². The van der Waals surface area contributed by atoms with Crippen LogP contribution in [0.25, 0.3) is 11.3 Å². The molecule has 2 N–H and O–H groups in total. The Hall–Kier alpha value is -2.55. The Morgan fingerprint density at radius 1 is 0.955 bits per heavy atom. The molecule has 0 amide bonds. The lowest BCUT2D eigenvalue weighted by Gasteiger charge is -2.09. The molecule has 3 heteroatoms. The molecule has 0 aliphatic carbocycles. The molecule has 0 saturated heterocycles. The summed E-state index contributed by atoms with van der Waals surface area (Å²) < 4.78 is 1.86. The lowest BCUT2D eigenvalue weighted by molar-refractivity contribution is 0.699. The minimum atomic E-state index is 0.691. The highest BCUT2D eigenvalue weighted by atomic mass is 15.3. The molecule has 0 aliphatic heterocycles. The summed E-state index contributed by atoms with van der Waals surface area (Å²) in [5, 5.41) is 4.72. The summed E-state index contributed by atoms with van der Waals surface area (Å²) in [4.78, 5) is 0. The molecule has 3 rings (SSSR count). The van der Waals surface area contributed by atoms with Gasteiger partial charge in [-0.25, -0.2) is 4.68 Å². The number of nitrogens with zero attached hydrogens (tertiary/aromatic N) is 2. The Morgan fingerprint density at radius 3 is 2.23 bits per heavy atom. The molecule has 1 aromatic heterocycles. The minimum Gasteiger partial charge on any atom is -0.384 e. The summed E-state index contributed by atoms with van der Waals surface area (Å²) in [6.07, 6.45) is 0. The number of benzene rings is 2. The first kappa shape index (κ1) is 14.4. The van der Waals surface area contributed by atoms with Crippen LogP contribution in [0.1, 0.15) is 22.3 Å². The van der Waals surface area contributed by atoms with Crippen LogP contribution in [0.5, 0.6) is 0 Å². The molecule has 0 radical (unpaired) electrons. The van der Waals surface area contributed by atoms with Gasteiger partial charge in [0.2, 0.25) is 0 Å². The van der Waals surface area contributed by atoms with Crippen LogP contribution in [0.4, 0.5) is 5.82 Å². The van der Waals surface area contributed by atoms with Gasteiger partial charge in [-0.2, -0.15) is 5.10 Å². The van der Waals surface area contributed by atoms with Crippen LogP contribution in [0.15, 0.2) is 48.5 Å². The summed E-state index contributed by atoms with van der Waals surface area (Å²) >= 11 is 0. The summed E-state index contributed by atoms with van der Waals surface area (Å²) in [6.45, 7) is 7.06. The van der Waals surface area contributed by atoms with Gasteiger partial charge < -0.3 is 5.73 Å². The fourth-order valence-corrected chi connectivity index (χ4v) is 3.02. The molecule has 112 valence electrons. The minimum absolute atomic E-state index is 0.691. The Balaban J connectivity index is 1.99. The van der Waals surface area contributed by atoms with Crippen LogP contribution in [0.2, 0.25) is 0 Å². The number of hydrogen-bond acceptors (Lipinski definition) is 2. The van der Waals surface area contributed by atoms with Crippen LogP contribution in [-0.4, -0.2) is 9.78 Å². The molecule has 0 spiro atoms. The summed E-state index contributed by atoms with van der Waals surface area (Å²) in [5.41, 5.74) is 13.2. The molecular formula is C19H21N3. The fraction of sp³-hybridized carbons (Fsp3) is 0.211. The number of nitrogen functional groups attached to an aromatic ring is 1. The topological polar surface area (TPSA) is 43.8 Å². The van der Waals surface area contributed by atoms with E-state index in [0.29, 0.717) is 12.4 Å². The predicted molar refractivity (Wildman–Crippen MR) is 91.8 cm³/mol. The van der Waals surface area contributed by atoms with Gasteiger partial charge in [-0.3, -0.25) is 0 Å². The second kappa shape index (κ2) is 5.68. The average Bonchev–Trinajstić information content (AvgIpc) is 2.79. The van der Waals surface area contributed by atoms with Gasteiger partial charge in [-0.05, 0) is 37.5 Å². The summed E-state index contributed by atoms with van der Waals surface area (Å²) in [5.74, 6) is 0.693. The Kier molecular flexibility index (Phi) is 3.72. The van der Waals surface area contributed by atoms with E-state index in [1.807, 2.05) is 28.9 Å². The monoisotopic (exact) mass is 291 g/mol. The lowest BCUT2D eigenvalue weighted by atomic mass is 9.97. The van der Waals surface area contributed by atoms with E-state index in [2.05, 4.69) is 45.0 Å². The van der Waals surface area contributed by atoms with E-state index in [4.69, 9.17) is 10.8 Å². The number of anilines is 1. The van der Waals surface area contributed by atoms with Crippen molar-refractivity contribution in [3.05, 3.63) is 70.8 Å². The zero-order chi connectivity index (χ0) is 15.7. The van der Waals surface area contributed by atoms with E-state index in [-0.39, 0.29) is 0 Å². The van der Waals surface area contributed by atoms with Gasteiger partial charge in [0.1, 0.15) is 5.82 Å². The zero-order valence-electron chi connectivity index (χ0n) is 13.3. The molecule has 3 nitrogen and oxygen atoms in total. The molecular weight excluding hydrogens is 270 g/mol. The highest BCUT2D eigenvalue weighted by Crippen LogP contribution is 2.28. The number of hydrogen-bond donors (Lipinski definition) is 1. The number of nitrogens with two attached hydrogens (primary N) is 1. The first-order valence-electron chi connectivity index (χ1n) is 7.50. The Labute approximate surface area is 131 Å². The van der Waals surface area contributed by atoms with E-state index in [1.165, 1.54) is 27.8 Å². The number of rotatable bonds is 3. The SMILES string of the molecule is Cc1cc(C)c(-c2cc(N)n(Cc3ccccc3)n2)c(C)c1. The highest BCUT2D eigenvalue weighted by molar-refractivity contribution is 5.70. The van der Waals surface area contributed by atoms with Gasteiger partial charge in [0.05, 0.1) is 12.2 Å². The molecule has 1 heterocycles. The van der Waals surface area contributed by atoms with Crippen LogP contribution in [0.3, 0.4) is 0 Å². The normalized spacial score (nSPS) is 10.9. The third-order valence-electron chi connectivity index (χ3n) is 3.92. The Morgan fingerprint density at radius 2 is 1.59 bits per heavy atom. The molecule has 0 atom stereocenters. The van der Waals surface area contributed by atoms with Crippen molar-refractivity contribution >= 4 is 5.82 Å². The van der Waals surface area contributed by atoms with E-state index in [0.717, 1.165) is 5.69 Å². The molecule has 2 aromatic carbocycles. The molecule has 3 aromatic rings. The molecule has 0 saturated carbocycles. The van der Waals surface area contributed by atoms with Gasteiger partial charge in [-0.1, -0.05) is 48.0 Å². The maximum Gasteiger partial charge on any atom is 0.122 e. The molecule has 0 bridgehead atoms. The number of aryl methyl sites for hydroxylation is 3. The van der Waals surface area contributed by atoms with Gasteiger partial charge >= 0.3 is 0 Å².